The van der Waals surface area contributed by atoms with Gasteiger partial charge in [-0.3, -0.25) is 9.78 Å². The number of pyridine rings is 1. The van der Waals surface area contributed by atoms with Gasteiger partial charge >= 0.3 is 6.09 Å². The average molecular weight is 332 g/mol. The Kier molecular flexibility index (Phi) is 6.76. The fraction of sp³-hybridized carbons (Fsp3) is 0.632. The van der Waals surface area contributed by atoms with Gasteiger partial charge in [-0.15, -0.1) is 0 Å². The summed E-state index contributed by atoms with van der Waals surface area (Å²) in [5, 5.41) is 0. The lowest BCUT2D eigenvalue weighted by molar-refractivity contribution is -0.131. The summed E-state index contributed by atoms with van der Waals surface area (Å²) in [6.45, 7) is 6.58. The normalized spacial score (nSPS) is 18.8. The molecular weight excluding hydrogens is 304 g/mol. The second kappa shape index (κ2) is 8.81. The lowest BCUT2D eigenvalue weighted by atomic mass is 9.93. The Bertz CT molecular complexity index is 556. The second-order valence-corrected chi connectivity index (χ2v) is 6.37. The quantitative estimate of drug-likeness (QED) is 0.691. The molecule has 1 fully saturated rings. The van der Waals surface area contributed by atoms with Crippen LogP contribution in [0.4, 0.5) is 4.79 Å². The standard InChI is InChI=1S/C19H28N2O3/c1-4-7-8-15(6-3)17-18(22)21(19(23)24-17)12-11-16-10-9-14(5-2)13-20-16/h9-10,13,15,17H,4-8,11-12H2,1-3H3. The topological polar surface area (TPSA) is 59.5 Å². The van der Waals surface area contributed by atoms with Crippen LogP contribution >= 0.6 is 0 Å². The molecule has 2 heterocycles. The molecule has 1 aliphatic rings. The summed E-state index contributed by atoms with van der Waals surface area (Å²) in [7, 11) is 0. The zero-order valence-electron chi connectivity index (χ0n) is 15.0. The molecule has 0 saturated carbocycles. The Hall–Kier alpha value is -1.91. The predicted molar refractivity (Wildman–Crippen MR) is 92.6 cm³/mol. The SMILES string of the molecule is CCCCC(CC)C1OC(=O)N(CCc2ccc(CC)cn2)C1=O. The van der Waals surface area contributed by atoms with Crippen molar-refractivity contribution in [2.75, 3.05) is 6.54 Å². The van der Waals surface area contributed by atoms with Crippen molar-refractivity contribution in [1.82, 2.24) is 9.88 Å². The zero-order chi connectivity index (χ0) is 17.5. The van der Waals surface area contributed by atoms with E-state index in [1.54, 1.807) is 0 Å². The molecule has 1 aromatic rings. The van der Waals surface area contributed by atoms with E-state index in [1.807, 2.05) is 25.3 Å². The smallest absolute Gasteiger partial charge is 0.417 e. The molecule has 0 aliphatic carbocycles. The summed E-state index contributed by atoms with van der Waals surface area (Å²) in [6.07, 6.45) is 6.13. The van der Waals surface area contributed by atoms with Crippen molar-refractivity contribution in [2.24, 2.45) is 5.92 Å². The largest absolute Gasteiger partial charge is 0.435 e. The molecule has 2 unspecified atom stereocenters. The number of amides is 2. The van der Waals surface area contributed by atoms with E-state index in [0.717, 1.165) is 37.8 Å². The molecule has 0 bridgehead atoms. The highest BCUT2D eigenvalue weighted by atomic mass is 16.6. The summed E-state index contributed by atoms with van der Waals surface area (Å²) >= 11 is 0. The van der Waals surface area contributed by atoms with Gasteiger partial charge in [-0.05, 0) is 30.9 Å². The third-order valence-corrected chi connectivity index (χ3v) is 4.72. The third-order valence-electron chi connectivity index (χ3n) is 4.72. The first-order valence-corrected chi connectivity index (χ1v) is 9.06. The van der Waals surface area contributed by atoms with Crippen LogP contribution < -0.4 is 0 Å². The van der Waals surface area contributed by atoms with Crippen LogP contribution in [0.15, 0.2) is 18.3 Å². The van der Waals surface area contributed by atoms with Crippen molar-refractivity contribution in [3.8, 4) is 0 Å². The second-order valence-electron chi connectivity index (χ2n) is 6.37. The third kappa shape index (κ3) is 4.34. The number of rotatable bonds is 9. The van der Waals surface area contributed by atoms with E-state index in [-0.39, 0.29) is 11.8 Å². The number of unbranched alkanes of at least 4 members (excludes halogenated alkanes) is 1. The molecule has 2 atom stereocenters. The molecule has 0 radical (unpaired) electrons. The Balaban J connectivity index is 1.95. The van der Waals surface area contributed by atoms with Gasteiger partial charge in [0.25, 0.3) is 5.91 Å². The number of aryl methyl sites for hydroxylation is 1. The number of imide groups is 1. The Morgan fingerprint density at radius 1 is 1.25 bits per heavy atom. The summed E-state index contributed by atoms with van der Waals surface area (Å²) < 4.78 is 5.38. The van der Waals surface area contributed by atoms with Crippen LogP contribution in [0.1, 0.15) is 57.7 Å². The number of cyclic esters (lactones) is 1. The number of hydrogen-bond donors (Lipinski definition) is 0. The van der Waals surface area contributed by atoms with Gasteiger partial charge in [0.15, 0.2) is 6.10 Å². The van der Waals surface area contributed by atoms with Crippen LogP contribution in [-0.4, -0.2) is 34.5 Å². The molecule has 0 aromatic carbocycles. The predicted octanol–water partition coefficient (Wildman–Crippen LogP) is 3.75. The van der Waals surface area contributed by atoms with E-state index in [9.17, 15) is 9.59 Å². The van der Waals surface area contributed by atoms with Gasteiger partial charge in [-0.2, -0.15) is 0 Å². The average Bonchev–Trinajstić information content (AvgIpc) is 2.88. The highest BCUT2D eigenvalue weighted by Crippen LogP contribution is 2.26. The number of ether oxygens (including phenoxy) is 1. The molecule has 0 spiro atoms. The molecule has 24 heavy (non-hydrogen) atoms. The monoisotopic (exact) mass is 332 g/mol. The number of nitrogens with zero attached hydrogens (tertiary/aromatic N) is 2. The van der Waals surface area contributed by atoms with Crippen molar-refractivity contribution >= 4 is 12.0 Å². The van der Waals surface area contributed by atoms with Crippen molar-refractivity contribution < 1.29 is 14.3 Å². The van der Waals surface area contributed by atoms with Crippen molar-refractivity contribution in [1.29, 1.82) is 0 Å². The Morgan fingerprint density at radius 3 is 2.62 bits per heavy atom. The van der Waals surface area contributed by atoms with Gasteiger partial charge in [0.2, 0.25) is 0 Å². The highest BCUT2D eigenvalue weighted by molar-refractivity contribution is 6.00. The lowest BCUT2D eigenvalue weighted by Gasteiger charge is -2.18. The highest BCUT2D eigenvalue weighted by Gasteiger charge is 2.43. The minimum atomic E-state index is -0.607. The molecule has 132 valence electrons. The number of carbonyl (C=O) groups excluding carboxylic acids is 2. The minimum Gasteiger partial charge on any atom is -0.435 e. The summed E-state index contributed by atoms with van der Waals surface area (Å²) in [5.74, 6) is -0.0681. The maximum atomic E-state index is 12.6. The van der Waals surface area contributed by atoms with Crippen LogP contribution in [0.25, 0.3) is 0 Å². The van der Waals surface area contributed by atoms with E-state index >= 15 is 0 Å². The van der Waals surface area contributed by atoms with Gasteiger partial charge in [-0.25, -0.2) is 9.69 Å². The van der Waals surface area contributed by atoms with E-state index in [0.29, 0.717) is 13.0 Å². The molecule has 1 aromatic heterocycles. The van der Waals surface area contributed by atoms with E-state index < -0.39 is 12.2 Å². The summed E-state index contributed by atoms with van der Waals surface area (Å²) in [5.41, 5.74) is 2.06. The number of hydrogen-bond acceptors (Lipinski definition) is 4. The van der Waals surface area contributed by atoms with E-state index in [1.165, 1.54) is 10.5 Å². The fourth-order valence-electron chi connectivity index (χ4n) is 3.04. The van der Waals surface area contributed by atoms with Gasteiger partial charge in [0.1, 0.15) is 0 Å². The molecule has 2 rings (SSSR count). The maximum absolute atomic E-state index is 12.6. The fourth-order valence-corrected chi connectivity index (χ4v) is 3.04. The van der Waals surface area contributed by atoms with E-state index in [2.05, 4.69) is 18.8 Å². The van der Waals surface area contributed by atoms with Gasteiger partial charge < -0.3 is 4.74 Å². The lowest BCUT2D eigenvalue weighted by Crippen LogP contribution is -2.36. The molecule has 1 saturated heterocycles. The summed E-state index contributed by atoms with van der Waals surface area (Å²) in [4.78, 5) is 30.3. The molecule has 2 amide bonds. The van der Waals surface area contributed by atoms with Crippen molar-refractivity contribution in [3.63, 3.8) is 0 Å². The first-order valence-electron chi connectivity index (χ1n) is 9.06. The Labute approximate surface area is 144 Å². The van der Waals surface area contributed by atoms with Crippen molar-refractivity contribution in [2.45, 2.75) is 65.4 Å². The van der Waals surface area contributed by atoms with Crippen LogP contribution in [0.3, 0.4) is 0 Å². The first-order chi connectivity index (χ1) is 11.6. The Morgan fingerprint density at radius 2 is 2.04 bits per heavy atom. The van der Waals surface area contributed by atoms with Crippen LogP contribution in [-0.2, 0) is 22.4 Å². The zero-order valence-corrected chi connectivity index (χ0v) is 15.0. The maximum Gasteiger partial charge on any atom is 0.417 e. The molecule has 1 aliphatic heterocycles. The van der Waals surface area contributed by atoms with Gasteiger partial charge in [0, 0.05) is 30.8 Å². The van der Waals surface area contributed by atoms with E-state index in [4.69, 9.17) is 4.74 Å². The van der Waals surface area contributed by atoms with Crippen LogP contribution in [0, 0.1) is 5.92 Å². The van der Waals surface area contributed by atoms with Gasteiger partial charge in [-0.1, -0.05) is 39.7 Å². The van der Waals surface area contributed by atoms with Gasteiger partial charge in [0.05, 0.1) is 0 Å². The van der Waals surface area contributed by atoms with Crippen LogP contribution in [0.2, 0.25) is 0 Å². The molecule has 0 N–H and O–H groups in total. The summed E-state index contributed by atoms with van der Waals surface area (Å²) in [6, 6.07) is 3.99. The molecule has 5 heteroatoms. The van der Waals surface area contributed by atoms with Crippen LogP contribution in [0.5, 0.6) is 0 Å². The molecule has 5 nitrogen and oxygen atoms in total. The minimum absolute atomic E-state index is 0.119. The van der Waals surface area contributed by atoms with Crippen molar-refractivity contribution in [3.05, 3.63) is 29.6 Å². The number of aromatic nitrogens is 1. The first kappa shape index (κ1) is 18.4. The number of carbonyl (C=O) groups is 2. The molecular formula is C19H28N2O3.